The van der Waals surface area contributed by atoms with E-state index in [1.807, 2.05) is 0 Å². The minimum atomic E-state index is -2.86. The van der Waals surface area contributed by atoms with Gasteiger partial charge >= 0.3 is 113 Å². The molecule has 104 valence electrons. The van der Waals surface area contributed by atoms with Crippen molar-refractivity contribution < 1.29 is 6.15 Å². The van der Waals surface area contributed by atoms with Gasteiger partial charge in [-0.05, 0) is 0 Å². The van der Waals surface area contributed by atoms with E-state index in [2.05, 4.69) is 34.6 Å². The molecule has 0 rings (SSSR count). The van der Waals surface area contributed by atoms with Crippen molar-refractivity contribution >= 4 is 19.2 Å². The fourth-order valence-corrected chi connectivity index (χ4v) is 11.8. The fourth-order valence-electron chi connectivity index (χ4n) is 1.76. The van der Waals surface area contributed by atoms with Gasteiger partial charge in [0.15, 0.2) is 0 Å². The molecule has 0 saturated carbocycles. The van der Waals surface area contributed by atoms with Gasteiger partial charge in [0.1, 0.15) is 0 Å². The fraction of sp³-hybridized carbons (Fsp3) is 1.00. The number of rotatable bonds is 10. The molecule has 0 aliphatic heterocycles. The van der Waals surface area contributed by atoms with Gasteiger partial charge < -0.3 is 0 Å². The Labute approximate surface area is 112 Å². The predicted molar refractivity (Wildman–Crippen MR) is 76.4 cm³/mol. The van der Waals surface area contributed by atoms with E-state index in [0.29, 0.717) is 12.2 Å². The molecule has 4 heteroatoms. The summed E-state index contributed by atoms with van der Waals surface area (Å²) in [5.41, 5.74) is 5.64. The third kappa shape index (κ3) is 6.99. The van der Waals surface area contributed by atoms with Gasteiger partial charge in [-0.25, -0.2) is 0 Å². The maximum atomic E-state index is 6.34. The first kappa shape index (κ1) is 17.7. The normalized spacial score (nSPS) is 18.7. The van der Waals surface area contributed by atoms with Gasteiger partial charge in [-0.3, -0.25) is 0 Å². The van der Waals surface area contributed by atoms with Gasteiger partial charge in [0.25, 0.3) is 0 Å². The Morgan fingerprint density at radius 2 is 1.47 bits per heavy atom. The summed E-state index contributed by atoms with van der Waals surface area (Å²) < 4.78 is 14.9. The summed E-state index contributed by atoms with van der Waals surface area (Å²) in [6, 6.07) is 0. The van der Waals surface area contributed by atoms with Crippen LogP contribution in [-0.4, -0.2) is 38.0 Å². The average molecular weight is 352 g/mol. The molecule has 0 saturated heterocycles. The van der Waals surface area contributed by atoms with Crippen LogP contribution in [0.15, 0.2) is 0 Å². The van der Waals surface area contributed by atoms with Gasteiger partial charge in [-0.15, -0.1) is 0 Å². The average Bonchev–Trinajstić information content (AvgIpc) is 2.35. The summed E-state index contributed by atoms with van der Waals surface area (Å²) in [6.45, 7) is 11.6. The van der Waals surface area contributed by atoms with Crippen molar-refractivity contribution in [2.75, 3.05) is 6.54 Å². The van der Waals surface area contributed by atoms with Crippen LogP contribution in [0.5, 0.6) is 0 Å². The molecule has 0 aromatic rings. The zero-order chi connectivity index (χ0) is 13.3. The molecule has 17 heavy (non-hydrogen) atoms. The first-order valence-corrected chi connectivity index (χ1v) is 13.5. The monoisotopic (exact) mass is 353 g/mol. The van der Waals surface area contributed by atoms with Crippen LogP contribution in [0.1, 0.15) is 53.9 Å². The first-order chi connectivity index (χ1) is 8.03. The Kier molecular flexibility index (Phi) is 9.97. The van der Waals surface area contributed by atoms with Crippen molar-refractivity contribution in [1.82, 2.24) is 0 Å². The quantitative estimate of drug-likeness (QED) is 0.613. The third-order valence-electron chi connectivity index (χ3n) is 3.28. The third-order valence-corrected chi connectivity index (χ3v) is 14.3. The van der Waals surface area contributed by atoms with Gasteiger partial charge in [0, 0.05) is 0 Å². The molecule has 0 aromatic carbocycles. The van der Waals surface area contributed by atoms with Gasteiger partial charge in [-0.2, -0.15) is 0 Å². The van der Waals surface area contributed by atoms with Crippen molar-refractivity contribution in [2.45, 2.75) is 75.0 Å². The summed E-state index contributed by atoms with van der Waals surface area (Å²) in [6.07, 6.45) is 3.81. The molecule has 3 nitrogen and oxygen atoms in total. The zero-order valence-electron chi connectivity index (χ0n) is 12.3. The first-order valence-electron chi connectivity index (χ1n) is 7.09. The van der Waals surface area contributed by atoms with Crippen LogP contribution >= 0.6 is 0 Å². The second kappa shape index (κ2) is 9.59. The summed E-state index contributed by atoms with van der Waals surface area (Å²) in [7, 11) is 0. The predicted octanol–water partition coefficient (Wildman–Crippen LogP) is 3.43. The van der Waals surface area contributed by atoms with E-state index in [1.54, 1.807) is 0 Å². The molecule has 2 unspecified atom stereocenters. The van der Waals surface area contributed by atoms with E-state index < -0.39 is 19.2 Å². The van der Waals surface area contributed by atoms with Crippen LogP contribution in [0.2, 0.25) is 8.87 Å². The SMILES string of the molecule is CCC(C)[O][Sn]([CH2]C)([CH2]CCN)[O]C(C)CC. The van der Waals surface area contributed by atoms with Crippen molar-refractivity contribution in [3.63, 3.8) is 0 Å². The van der Waals surface area contributed by atoms with E-state index in [1.165, 1.54) is 0 Å². The Morgan fingerprint density at radius 1 is 1.00 bits per heavy atom. The molecular weight excluding hydrogens is 321 g/mol. The van der Waals surface area contributed by atoms with Crippen LogP contribution in [0.25, 0.3) is 0 Å². The maximum absolute atomic E-state index is 6.34. The van der Waals surface area contributed by atoms with Crippen LogP contribution < -0.4 is 5.73 Å². The molecule has 0 aliphatic rings. The Bertz CT molecular complexity index is 178. The molecule has 2 N–H and O–H groups in total. The molecule has 0 fully saturated rings. The van der Waals surface area contributed by atoms with Crippen LogP contribution in [0, 0.1) is 0 Å². The summed E-state index contributed by atoms with van der Waals surface area (Å²) in [5.74, 6) is 0. The number of nitrogens with two attached hydrogens (primary N) is 1. The van der Waals surface area contributed by atoms with Crippen molar-refractivity contribution in [1.29, 1.82) is 0 Å². The molecule has 0 radical (unpaired) electrons. The summed E-state index contributed by atoms with van der Waals surface area (Å²) in [4.78, 5) is 0. The van der Waals surface area contributed by atoms with Crippen LogP contribution in [0.4, 0.5) is 0 Å². The minimum absolute atomic E-state index is 0.326. The topological polar surface area (TPSA) is 44.5 Å². The Morgan fingerprint density at radius 3 is 1.76 bits per heavy atom. The molecule has 0 spiro atoms. The van der Waals surface area contributed by atoms with Gasteiger partial charge in [0.2, 0.25) is 0 Å². The van der Waals surface area contributed by atoms with E-state index in [-0.39, 0.29) is 0 Å². The molecule has 0 amide bonds. The van der Waals surface area contributed by atoms with Crippen molar-refractivity contribution in [3.05, 3.63) is 0 Å². The standard InChI is InChI=1S/2C4H9O.C3H8N.C2H5.Sn/c2*1-3-4(2)5;1-2-3-4;1-2;/h2*4H,3H2,1-2H3;1-4H2;1H2,2H3;/q2*-1;;;+2. The molecule has 0 aliphatic carbocycles. The molecule has 2 atom stereocenters. The van der Waals surface area contributed by atoms with Gasteiger partial charge in [-0.1, -0.05) is 0 Å². The molecule has 0 aromatic heterocycles. The zero-order valence-corrected chi connectivity index (χ0v) is 15.1. The second-order valence-corrected chi connectivity index (χ2v) is 14.8. The van der Waals surface area contributed by atoms with E-state index >= 15 is 0 Å². The molecule has 0 heterocycles. The van der Waals surface area contributed by atoms with E-state index in [4.69, 9.17) is 11.9 Å². The molecular formula is C13H31NO2Sn. The Hall–Kier alpha value is 0.679. The number of hydrogen-bond acceptors (Lipinski definition) is 3. The van der Waals surface area contributed by atoms with Crippen molar-refractivity contribution in [3.8, 4) is 0 Å². The van der Waals surface area contributed by atoms with Crippen LogP contribution in [0.3, 0.4) is 0 Å². The van der Waals surface area contributed by atoms with Crippen LogP contribution in [-0.2, 0) is 6.15 Å². The number of hydrogen-bond donors (Lipinski definition) is 1. The summed E-state index contributed by atoms with van der Waals surface area (Å²) in [5, 5.41) is 0. The second-order valence-electron chi connectivity index (χ2n) is 4.83. The van der Waals surface area contributed by atoms with Crippen molar-refractivity contribution in [2.24, 2.45) is 5.73 Å². The van der Waals surface area contributed by atoms with Gasteiger partial charge in [0.05, 0.1) is 0 Å². The van der Waals surface area contributed by atoms with E-state index in [0.717, 1.165) is 34.7 Å². The molecule has 0 bridgehead atoms. The Balaban J connectivity index is 4.60. The van der Waals surface area contributed by atoms with E-state index in [9.17, 15) is 0 Å². The summed E-state index contributed by atoms with van der Waals surface area (Å²) >= 11 is -2.86.